The normalized spacial score (nSPS) is 18.3. The Balaban J connectivity index is 0.00000181. The smallest absolute Gasteiger partial charge is 0.338 e. The minimum Gasteiger partial charge on any atom is -0.496 e. The lowest BCUT2D eigenvalue weighted by molar-refractivity contribution is -0.161. The second-order valence-electron chi connectivity index (χ2n) is 12.8. The van der Waals surface area contributed by atoms with Crippen molar-refractivity contribution in [1.82, 2.24) is 15.2 Å². The first-order valence-corrected chi connectivity index (χ1v) is 18.1. The molecule has 3 aliphatic heterocycles. The summed E-state index contributed by atoms with van der Waals surface area (Å²) >= 11 is 13.0. The Morgan fingerprint density at radius 1 is 0.926 bits per heavy atom. The van der Waals surface area contributed by atoms with Gasteiger partial charge in [-0.15, -0.1) is 0 Å². The maximum Gasteiger partial charge on any atom is 0.338 e. The van der Waals surface area contributed by atoms with Crippen LogP contribution in [0.4, 0.5) is 0 Å². The summed E-state index contributed by atoms with van der Waals surface area (Å²) in [5.74, 6) is 1.04. The molecule has 2 bridgehead atoms. The highest BCUT2D eigenvalue weighted by molar-refractivity contribution is 6.35. The van der Waals surface area contributed by atoms with Gasteiger partial charge in [-0.25, -0.2) is 9.59 Å². The van der Waals surface area contributed by atoms with Crippen LogP contribution in [0.15, 0.2) is 79.1 Å². The number of hydrogen-bond donors (Lipinski definition) is 2. The Labute approximate surface area is 324 Å². The van der Waals surface area contributed by atoms with E-state index in [1.165, 1.54) is 19.5 Å². The predicted octanol–water partition coefficient (Wildman–Crippen LogP) is 6.72. The van der Waals surface area contributed by atoms with Gasteiger partial charge in [0, 0.05) is 37.5 Å². The van der Waals surface area contributed by atoms with Crippen LogP contribution in [0.5, 0.6) is 17.2 Å². The van der Waals surface area contributed by atoms with Gasteiger partial charge >= 0.3 is 11.9 Å². The number of carbonyl (C=O) groups excluding carboxylic acids is 2. The lowest BCUT2D eigenvalue weighted by Crippen LogP contribution is -2.52. The number of benzene rings is 3. The van der Waals surface area contributed by atoms with Crippen LogP contribution < -0.4 is 19.5 Å². The largest absolute Gasteiger partial charge is 0.496 e. The van der Waals surface area contributed by atoms with Crippen molar-refractivity contribution in [1.29, 1.82) is 0 Å². The molecule has 0 amide bonds. The average Bonchev–Trinajstić information content (AvgIpc) is 3.19. The van der Waals surface area contributed by atoms with Crippen LogP contribution in [0.3, 0.4) is 0 Å². The van der Waals surface area contributed by atoms with Crippen molar-refractivity contribution in [2.24, 2.45) is 5.92 Å². The maximum atomic E-state index is 13.8. The number of carboxylic acid groups (broad SMARTS) is 1. The number of nitrogens with one attached hydrogen (secondary N) is 1. The Kier molecular flexibility index (Phi) is 14.5. The molecule has 2 N–H and O–H groups in total. The number of esters is 2. The second kappa shape index (κ2) is 19.4. The van der Waals surface area contributed by atoms with Gasteiger partial charge in [-0.3, -0.25) is 20.0 Å². The number of para-hydroxylation sites is 1. The highest BCUT2D eigenvalue weighted by atomic mass is 35.5. The number of hydrogen-bond acceptors (Lipinski definition) is 11. The van der Waals surface area contributed by atoms with Crippen LogP contribution in [0, 0.1) is 5.92 Å². The van der Waals surface area contributed by atoms with Gasteiger partial charge in [0.25, 0.3) is 6.47 Å². The average molecular weight is 781 g/mol. The summed E-state index contributed by atoms with van der Waals surface area (Å²) in [5, 5.41) is 11.0. The molecular formula is C40H43Cl2N3O9. The van der Waals surface area contributed by atoms with E-state index in [0.717, 1.165) is 38.0 Å². The Bertz CT molecular complexity index is 1880. The molecule has 3 saturated heterocycles. The third kappa shape index (κ3) is 10.00. The number of ether oxygens (including phenoxy) is 5. The van der Waals surface area contributed by atoms with Crippen molar-refractivity contribution in [3.63, 3.8) is 0 Å². The van der Waals surface area contributed by atoms with Crippen molar-refractivity contribution in [3.05, 3.63) is 117 Å². The lowest BCUT2D eigenvalue weighted by Gasteiger charge is -2.44. The molecule has 0 aliphatic carbocycles. The molecule has 4 heterocycles. The Morgan fingerprint density at radius 3 is 2.26 bits per heavy atom. The number of rotatable bonds is 14. The fourth-order valence-electron chi connectivity index (χ4n) is 6.81. The Hall–Kier alpha value is -4.88. The summed E-state index contributed by atoms with van der Waals surface area (Å²) in [4.78, 5) is 42.4. The predicted molar refractivity (Wildman–Crippen MR) is 202 cm³/mol. The zero-order valence-electron chi connectivity index (χ0n) is 30.2. The van der Waals surface area contributed by atoms with E-state index in [1.807, 2.05) is 30.3 Å². The van der Waals surface area contributed by atoms with E-state index in [2.05, 4.69) is 15.2 Å². The van der Waals surface area contributed by atoms with Gasteiger partial charge in [0.15, 0.2) is 11.5 Å². The monoisotopic (exact) mass is 779 g/mol. The molecule has 0 radical (unpaired) electrons. The van der Waals surface area contributed by atoms with Crippen LogP contribution in [-0.4, -0.2) is 80.5 Å². The number of pyridine rings is 1. The molecule has 2 unspecified atom stereocenters. The van der Waals surface area contributed by atoms with Crippen molar-refractivity contribution < 1.29 is 43.2 Å². The van der Waals surface area contributed by atoms with Gasteiger partial charge < -0.3 is 28.8 Å². The summed E-state index contributed by atoms with van der Waals surface area (Å²) in [7, 11) is 4.66. The minimum atomic E-state index is -0.795. The van der Waals surface area contributed by atoms with E-state index in [0.29, 0.717) is 55.5 Å². The van der Waals surface area contributed by atoms with Crippen molar-refractivity contribution in [2.45, 2.75) is 44.1 Å². The van der Waals surface area contributed by atoms with Gasteiger partial charge in [0.2, 0.25) is 0 Å². The number of fused-ring (bicyclic) bond motifs is 3. The van der Waals surface area contributed by atoms with Crippen LogP contribution in [0.25, 0.3) is 0 Å². The quantitative estimate of drug-likeness (QED) is 0.103. The second-order valence-corrected chi connectivity index (χ2v) is 13.6. The fraction of sp³-hybridized carbons (Fsp3) is 0.350. The topological polar surface area (TPSA) is 146 Å². The van der Waals surface area contributed by atoms with Crippen molar-refractivity contribution in [2.75, 3.05) is 41.0 Å². The summed E-state index contributed by atoms with van der Waals surface area (Å²) in [6.45, 7) is 2.86. The molecule has 3 aliphatic rings. The van der Waals surface area contributed by atoms with E-state index in [-0.39, 0.29) is 31.5 Å². The van der Waals surface area contributed by atoms with E-state index >= 15 is 0 Å². The van der Waals surface area contributed by atoms with Crippen LogP contribution >= 0.6 is 23.2 Å². The van der Waals surface area contributed by atoms with Gasteiger partial charge in [-0.05, 0) is 78.9 Å². The van der Waals surface area contributed by atoms with E-state index < -0.39 is 18.1 Å². The number of halogens is 2. The number of methoxy groups -OCH3 is 3. The van der Waals surface area contributed by atoms with Crippen LogP contribution in [0.2, 0.25) is 10.0 Å². The summed E-state index contributed by atoms with van der Waals surface area (Å²) in [6.07, 6.45) is 4.31. The molecule has 14 heteroatoms. The van der Waals surface area contributed by atoms with Gasteiger partial charge in [-0.1, -0.05) is 59.6 Å². The zero-order chi connectivity index (χ0) is 38.6. The minimum absolute atomic E-state index is 0.146. The highest BCUT2D eigenvalue weighted by Gasteiger charge is 2.38. The SMILES string of the molecule is COc1ccc(C(Cc2c(Cl)cncc2Cl)OC(=O)c2cccc(CNC(C(=O)O[C@H]3CN4CCC3CC4)c3ccccc3OC)c2)cc1OC.O=CO. The summed E-state index contributed by atoms with van der Waals surface area (Å²) in [5.41, 5.74) is 3.02. The molecule has 3 aromatic carbocycles. The molecule has 286 valence electrons. The first kappa shape index (κ1) is 40.3. The van der Waals surface area contributed by atoms with E-state index in [9.17, 15) is 9.59 Å². The molecule has 0 saturated carbocycles. The van der Waals surface area contributed by atoms with E-state index in [1.54, 1.807) is 50.6 Å². The highest BCUT2D eigenvalue weighted by Crippen LogP contribution is 2.36. The molecule has 1 aromatic heterocycles. The third-order valence-electron chi connectivity index (χ3n) is 9.59. The number of piperidine rings is 3. The molecular weight excluding hydrogens is 737 g/mol. The molecule has 0 spiro atoms. The summed E-state index contributed by atoms with van der Waals surface area (Å²) < 4.78 is 28.9. The van der Waals surface area contributed by atoms with Crippen molar-refractivity contribution >= 4 is 41.6 Å². The summed E-state index contributed by atoms with van der Waals surface area (Å²) in [6, 6.07) is 19.0. The molecule has 3 atom stereocenters. The maximum absolute atomic E-state index is 13.8. The van der Waals surface area contributed by atoms with Gasteiger partial charge in [0.1, 0.15) is 24.0 Å². The van der Waals surface area contributed by atoms with Crippen LogP contribution in [0.1, 0.15) is 57.6 Å². The number of carbonyl (C=O) groups is 3. The van der Waals surface area contributed by atoms with Gasteiger partial charge in [0.05, 0.1) is 36.9 Å². The standard InChI is InChI=1S/C39H41Cl2N3O7.CH2O2/c1-47-32-10-5-4-9-28(32)37(39(46)51-36-23-44-15-13-25(36)14-16-44)43-20-24-7-6-8-27(17-24)38(45)50-34(19-29-30(40)21-42-22-31(29)41)26-11-12-33(48-2)35(18-26)49-3;2-1-3/h4-12,17-18,21-22,25,34,36-37,43H,13-16,19-20,23H2,1-3H3;1H,(H,2,3)/t34?,36-,37?;/m0./s1. The number of aromatic nitrogens is 1. The third-order valence-corrected chi connectivity index (χ3v) is 10.2. The van der Waals surface area contributed by atoms with Crippen molar-refractivity contribution in [3.8, 4) is 17.2 Å². The Morgan fingerprint density at radius 2 is 1.61 bits per heavy atom. The fourth-order valence-corrected chi connectivity index (χ4v) is 7.33. The molecule has 54 heavy (non-hydrogen) atoms. The lowest BCUT2D eigenvalue weighted by atomic mass is 9.86. The molecule has 3 fully saturated rings. The van der Waals surface area contributed by atoms with E-state index in [4.69, 9.17) is 56.8 Å². The zero-order valence-corrected chi connectivity index (χ0v) is 31.7. The molecule has 4 aromatic rings. The first-order valence-electron chi connectivity index (χ1n) is 17.4. The van der Waals surface area contributed by atoms with Gasteiger partial charge in [-0.2, -0.15) is 0 Å². The first-order chi connectivity index (χ1) is 26.2. The number of nitrogens with zero attached hydrogens (tertiary/aromatic N) is 2. The molecule has 7 rings (SSSR count). The van der Waals surface area contributed by atoms with Crippen LogP contribution in [-0.2, 0) is 32.0 Å². The molecule has 12 nitrogen and oxygen atoms in total.